The van der Waals surface area contributed by atoms with Crippen LogP contribution in [-0.4, -0.2) is 0 Å². The molecular formula is C57H37NO3. The third kappa shape index (κ3) is 5.06. The van der Waals surface area contributed by atoms with E-state index in [4.69, 9.17) is 13.3 Å². The lowest BCUT2D eigenvalue weighted by atomic mass is 9.82. The molecule has 0 atom stereocenters. The lowest BCUT2D eigenvalue weighted by Gasteiger charge is -2.28. The third-order valence-corrected chi connectivity index (χ3v) is 13.1. The Balaban J connectivity index is 0.967. The number of hydrogen-bond donors (Lipinski definition) is 0. The maximum absolute atomic E-state index is 6.64. The Bertz CT molecular complexity index is 3730. The van der Waals surface area contributed by atoms with E-state index in [2.05, 4.69) is 189 Å². The van der Waals surface area contributed by atoms with E-state index in [-0.39, 0.29) is 5.41 Å². The summed E-state index contributed by atoms with van der Waals surface area (Å²) in [5.74, 6) is 0. The van der Waals surface area contributed by atoms with Crippen molar-refractivity contribution < 1.29 is 13.3 Å². The first-order valence-electron chi connectivity index (χ1n) is 20.9. The Hall–Kier alpha value is -7.82. The number of hydrogen-bond acceptors (Lipinski definition) is 4. The number of nitrogens with zero attached hydrogens (tertiary/aromatic N) is 1. The molecule has 0 unspecified atom stereocenters. The zero-order valence-corrected chi connectivity index (χ0v) is 33.6. The van der Waals surface area contributed by atoms with Crippen LogP contribution in [0.3, 0.4) is 0 Å². The SMILES string of the molecule is CC1(C)c2ccccc2-c2ccc(N(c3ccc(-c4ccc5oc6ccccc6c5c4)cc3)c3ccc4oc5cc6c(cc5c4c3)oc3cccc(-c4ccccc4)c36)cc21. The van der Waals surface area contributed by atoms with Gasteiger partial charge in [0, 0.05) is 54.8 Å². The van der Waals surface area contributed by atoms with Gasteiger partial charge in [-0.05, 0) is 123 Å². The van der Waals surface area contributed by atoms with E-state index < -0.39 is 0 Å². The molecule has 0 spiro atoms. The van der Waals surface area contributed by atoms with Gasteiger partial charge in [-0.15, -0.1) is 0 Å². The van der Waals surface area contributed by atoms with Crippen LogP contribution in [0, 0.1) is 0 Å². The van der Waals surface area contributed by atoms with Crippen LogP contribution in [0.15, 0.2) is 201 Å². The first kappa shape index (κ1) is 34.1. The Morgan fingerprint density at radius 2 is 0.902 bits per heavy atom. The summed E-state index contributed by atoms with van der Waals surface area (Å²) in [5.41, 5.74) is 18.1. The van der Waals surface area contributed by atoms with Crippen LogP contribution in [0.2, 0.25) is 0 Å². The minimum absolute atomic E-state index is 0.142. The van der Waals surface area contributed by atoms with E-state index >= 15 is 0 Å². The first-order chi connectivity index (χ1) is 30.0. The van der Waals surface area contributed by atoms with Crippen molar-refractivity contribution in [3.05, 3.63) is 199 Å². The summed E-state index contributed by atoms with van der Waals surface area (Å²) >= 11 is 0. The molecule has 0 aliphatic heterocycles. The molecule has 4 heteroatoms. The van der Waals surface area contributed by atoms with Gasteiger partial charge in [-0.3, -0.25) is 0 Å². The van der Waals surface area contributed by atoms with Gasteiger partial charge in [0.1, 0.15) is 33.5 Å². The van der Waals surface area contributed by atoms with Gasteiger partial charge in [-0.2, -0.15) is 0 Å². The molecule has 9 aromatic carbocycles. The number of para-hydroxylation sites is 1. The van der Waals surface area contributed by atoms with Crippen molar-refractivity contribution in [1.82, 2.24) is 0 Å². The zero-order valence-electron chi connectivity index (χ0n) is 33.6. The number of fused-ring (bicyclic) bond motifs is 12. The number of furan rings is 3. The summed E-state index contributed by atoms with van der Waals surface area (Å²) < 4.78 is 19.4. The van der Waals surface area contributed by atoms with E-state index in [1.54, 1.807) is 0 Å². The van der Waals surface area contributed by atoms with Gasteiger partial charge in [0.25, 0.3) is 0 Å². The predicted octanol–water partition coefficient (Wildman–Crippen LogP) is 16.5. The molecule has 1 aliphatic carbocycles. The maximum Gasteiger partial charge on any atom is 0.136 e. The molecule has 13 rings (SSSR count). The van der Waals surface area contributed by atoms with Crippen LogP contribution < -0.4 is 4.90 Å². The second-order valence-corrected chi connectivity index (χ2v) is 16.9. The van der Waals surface area contributed by atoms with Gasteiger partial charge in [0.05, 0.1) is 0 Å². The fourth-order valence-electron chi connectivity index (χ4n) is 10.1. The van der Waals surface area contributed by atoms with Crippen molar-refractivity contribution in [2.75, 3.05) is 4.90 Å². The second-order valence-electron chi connectivity index (χ2n) is 16.9. The summed E-state index contributed by atoms with van der Waals surface area (Å²) in [7, 11) is 0. The fourth-order valence-corrected chi connectivity index (χ4v) is 10.1. The molecule has 3 heterocycles. The molecule has 0 saturated carbocycles. The molecule has 0 amide bonds. The molecule has 288 valence electrons. The molecule has 0 N–H and O–H groups in total. The number of anilines is 3. The summed E-state index contributed by atoms with van der Waals surface area (Å²) in [6.45, 7) is 4.68. The molecule has 4 nitrogen and oxygen atoms in total. The quantitative estimate of drug-likeness (QED) is 0.174. The average molecular weight is 784 g/mol. The minimum atomic E-state index is -0.142. The summed E-state index contributed by atoms with van der Waals surface area (Å²) in [4.78, 5) is 2.38. The zero-order chi connectivity index (χ0) is 40.4. The minimum Gasteiger partial charge on any atom is -0.456 e. The standard InChI is InChI=1S/C57H37NO3/c1-57(2)48-16-8-6-13-41(48)42-26-24-39(31-49(42)57)58(37-22-19-34(20-23-37)36-21-27-51-44(29-36)43-14-7-9-17-50(43)59-51)38-25-28-52-45(30-38)46-32-55-47(33-54(46)60-52)56-40(15-10-18-53(56)61-55)35-11-4-3-5-12-35/h3-33H,1-2H3. The summed E-state index contributed by atoms with van der Waals surface area (Å²) in [6, 6.07) is 67.1. The van der Waals surface area contributed by atoms with Crippen molar-refractivity contribution in [2.24, 2.45) is 0 Å². The van der Waals surface area contributed by atoms with Gasteiger partial charge in [-0.1, -0.05) is 123 Å². The Labute approximate surface area is 351 Å². The van der Waals surface area contributed by atoms with Gasteiger partial charge >= 0.3 is 0 Å². The van der Waals surface area contributed by atoms with Gasteiger partial charge < -0.3 is 18.2 Å². The van der Waals surface area contributed by atoms with E-state index in [9.17, 15) is 0 Å². The summed E-state index contributed by atoms with van der Waals surface area (Å²) in [6.07, 6.45) is 0. The lowest BCUT2D eigenvalue weighted by Crippen LogP contribution is -2.16. The van der Waals surface area contributed by atoms with Crippen molar-refractivity contribution in [1.29, 1.82) is 0 Å². The fraction of sp³-hybridized carbons (Fsp3) is 0.0526. The highest BCUT2D eigenvalue weighted by Crippen LogP contribution is 2.51. The topological polar surface area (TPSA) is 42.7 Å². The van der Waals surface area contributed by atoms with Crippen molar-refractivity contribution in [2.45, 2.75) is 19.3 Å². The van der Waals surface area contributed by atoms with Gasteiger partial charge in [0.15, 0.2) is 0 Å². The maximum atomic E-state index is 6.64. The van der Waals surface area contributed by atoms with Crippen LogP contribution in [-0.2, 0) is 5.41 Å². The van der Waals surface area contributed by atoms with E-state index in [1.165, 1.54) is 22.3 Å². The van der Waals surface area contributed by atoms with Crippen LogP contribution in [0.4, 0.5) is 17.1 Å². The van der Waals surface area contributed by atoms with Crippen molar-refractivity contribution in [3.63, 3.8) is 0 Å². The Morgan fingerprint density at radius 3 is 1.79 bits per heavy atom. The smallest absolute Gasteiger partial charge is 0.136 e. The third-order valence-electron chi connectivity index (χ3n) is 13.1. The van der Waals surface area contributed by atoms with Crippen LogP contribution >= 0.6 is 0 Å². The molecule has 1 aliphatic rings. The first-order valence-corrected chi connectivity index (χ1v) is 20.9. The monoisotopic (exact) mass is 783 g/mol. The largest absolute Gasteiger partial charge is 0.456 e. The average Bonchev–Trinajstić information content (AvgIpc) is 4.03. The van der Waals surface area contributed by atoms with E-state index in [0.717, 1.165) is 105 Å². The van der Waals surface area contributed by atoms with Crippen LogP contribution in [0.5, 0.6) is 0 Å². The molecule has 12 aromatic rings. The van der Waals surface area contributed by atoms with Crippen molar-refractivity contribution >= 4 is 82.9 Å². The predicted molar refractivity (Wildman–Crippen MR) is 251 cm³/mol. The van der Waals surface area contributed by atoms with Gasteiger partial charge in [0.2, 0.25) is 0 Å². The second kappa shape index (κ2) is 12.6. The Morgan fingerprint density at radius 1 is 0.328 bits per heavy atom. The molecule has 0 fully saturated rings. The van der Waals surface area contributed by atoms with E-state index in [1.807, 2.05) is 18.2 Å². The lowest BCUT2D eigenvalue weighted by molar-refractivity contribution is 0.660. The highest BCUT2D eigenvalue weighted by Gasteiger charge is 2.36. The molecule has 0 saturated heterocycles. The molecule has 0 radical (unpaired) electrons. The molecule has 3 aromatic heterocycles. The molecule has 0 bridgehead atoms. The number of rotatable bonds is 5. The van der Waals surface area contributed by atoms with Gasteiger partial charge in [-0.25, -0.2) is 0 Å². The Kier molecular flexibility index (Phi) is 7.04. The number of benzene rings is 9. The molecule has 61 heavy (non-hydrogen) atoms. The van der Waals surface area contributed by atoms with Crippen LogP contribution in [0.25, 0.3) is 99.2 Å². The molecular weight excluding hydrogens is 747 g/mol. The highest BCUT2D eigenvalue weighted by molar-refractivity contribution is 6.18. The van der Waals surface area contributed by atoms with Crippen molar-refractivity contribution in [3.8, 4) is 33.4 Å². The normalized spacial score (nSPS) is 13.2. The summed E-state index contributed by atoms with van der Waals surface area (Å²) in [5, 5.41) is 6.45. The highest BCUT2D eigenvalue weighted by atomic mass is 16.3. The van der Waals surface area contributed by atoms with Crippen LogP contribution in [0.1, 0.15) is 25.0 Å². The van der Waals surface area contributed by atoms with E-state index in [0.29, 0.717) is 0 Å².